The quantitative estimate of drug-likeness (QED) is 0.899. The molecule has 132 valence electrons. The van der Waals surface area contributed by atoms with Crippen LogP contribution in [0.25, 0.3) is 0 Å². The summed E-state index contributed by atoms with van der Waals surface area (Å²) in [5.74, 6) is 1.86. The Morgan fingerprint density at radius 2 is 1.96 bits per heavy atom. The lowest BCUT2D eigenvalue weighted by Gasteiger charge is -2.17. The number of aromatic nitrogens is 2. The number of aryl methyl sites for hydroxylation is 2. The predicted octanol–water partition coefficient (Wildman–Crippen LogP) is 2.33. The molecule has 1 aliphatic rings. The number of halogens is 1. The Balaban J connectivity index is 0.00000208. The van der Waals surface area contributed by atoms with Crippen LogP contribution in [-0.2, 0) is 13.6 Å². The minimum absolute atomic E-state index is 0. The van der Waals surface area contributed by atoms with Crippen molar-refractivity contribution in [2.45, 2.75) is 19.4 Å². The zero-order chi connectivity index (χ0) is 16.4. The van der Waals surface area contributed by atoms with Gasteiger partial charge in [-0.3, -0.25) is 4.90 Å². The molecule has 2 heterocycles. The molecule has 1 aromatic heterocycles. The summed E-state index contributed by atoms with van der Waals surface area (Å²) in [5, 5.41) is 4.48. The Kier molecular flexibility index (Phi) is 6.27. The molecule has 1 aliphatic heterocycles. The Morgan fingerprint density at radius 1 is 1.25 bits per heavy atom. The van der Waals surface area contributed by atoms with Gasteiger partial charge in [0.15, 0.2) is 0 Å². The average molecular weight is 351 g/mol. The summed E-state index contributed by atoms with van der Waals surface area (Å²) in [6.45, 7) is 5.68. The van der Waals surface area contributed by atoms with Crippen molar-refractivity contribution in [2.75, 3.05) is 26.7 Å². The monoisotopic (exact) mass is 350 g/mol. The summed E-state index contributed by atoms with van der Waals surface area (Å²) in [6.07, 6.45) is 0. The van der Waals surface area contributed by atoms with E-state index in [9.17, 15) is 0 Å². The van der Waals surface area contributed by atoms with Crippen molar-refractivity contribution in [3.05, 3.63) is 47.2 Å². The molecule has 5 nitrogen and oxygen atoms in total. The van der Waals surface area contributed by atoms with Crippen LogP contribution in [0.3, 0.4) is 0 Å². The topological polar surface area (TPSA) is 56.3 Å². The van der Waals surface area contributed by atoms with Crippen molar-refractivity contribution in [2.24, 2.45) is 18.7 Å². The second kappa shape index (κ2) is 8.01. The van der Waals surface area contributed by atoms with E-state index in [1.165, 1.54) is 11.1 Å². The third kappa shape index (κ3) is 3.58. The van der Waals surface area contributed by atoms with E-state index in [-0.39, 0.29) is 12.4 Å². The van der Waals surface area contributed by atoms with Crippen molar-refractivity contribution in [1.82, 2.24) is 14.7 Å². The number of benzene rings is 1. The van der Waals surface area contributed by atoms with Crippen LogP contribution in [0.1, 0.15) is 22.7 Å². The second-order valence-corrected chi connectivity index (χ2v) is 6.40. The summed E-state index contributed by atoms with van der Waals surface area (Å²) in [6, 6.07) is 10.7. The largest absolute Gasteiger partial charge is 0.481 e. The molecule has 0 spiro atoms. The fourth-order valence-electron chi connectivity index (χ4n) is 3.75. The van der Waals surface area contributed by atoms with Gasteiger partial charge in [0, 0.05) is 32.6 Å². The van der Waals surface area contributed by atoms with E-state index in [1.807, 2.05) is 18.7 Å². The van der Waals surface area contributed by atoms with E-state index < -0.39 is 0 Å². The van der Waals surface area contributed by atoms with Gasteiger partial charge >= 0.3 is 0 Å². The number of rotatable bonds is 5. The number of nitrogens with two attached hydrogens (primary N) is 1. The number of methoxy groups -OCH3 is 1. The number of likely N-dealkylation sites (tertiary alicyclic amines) is 1. The van der Waals surface area contributed by atoms with Crippen LogP contribution >= 0.6 is 12.4 Å². The summed E-state index contributed by atoms with van der Waals surface area (Å²) in [7, 11) is 3.63. The molecule has 3 rings (SSSR count). The zero-order valence-corrected chi connectivity index (χ0v) is 15.4. The molecule has 0 unspecified atom stereocenters. The molecule has 0 aliphatic carbocycles. The smallest absolute Gasteiger partial charge is 0.216 e. The van der Waals surface area contributed by atoms with Gasteiger partial charge in [-0.2, -0.15) is 5.10 Å². The Bertz CT molecular complexity index is 659. The molecule has 24 heavy (non-hydrogen) atoms. The molecule has 6 heteroatoms. The first-order valence-corrected chi connectivity index (χ1v) is 8.17. The first kappa shape index (κ1) is 18.8. The molecule has 2 aromatic rings. The molecular formula is C18H27ClN4O. The normalized spacial score (nSPS) is 20.8. The van der Waals surface area contributed by atoms with E-state index in [1.54, 1.807) is 7.11 Å². The molecule has 1 fully saturated rings. The van der Waals surface area contributed by atoms with Gasteiger partial charge < -0.3 is 10.5 Å². The van der Waals surface area contributed by atoms with Crippen molar-refractivity contribution >= 4 is 12.4 Å². The highest BCUT2D eigenvalue weighted by Crippen LogP contribution is 2.34. The van der Waals surface area contributed by atoms with Crippen LogP contribution in [-0.4, -0.2) is 41.4 Å². The second-order valence-electron chi connectivity index (χ2n) is 6.40. The van der Waals surface area contributed by atoms with Crippen LogP contribution in [0.5, 0.6) is 5.88 Å². The van der Waals surface area contributed by atoms with Crippen molar-refractivity contribution < 1.29 is 4.74 Å². The van der Waals surface area contributed by atoms with Gasteiger partial charge in [0.2, 0.25) is 5.88 Å². The van der Waals surface area contributed by atoms with E-state index >= 15 is 0 Å². The van der Waals surface area contributed by atoms with Crippen LogP contribution in [0.2, 0.25) is 0 Å². The van der Waals surface area contributed by atoms with Gasteiger partial charge in [0.1, 0.15) is 0 Å². The zero-order valence-electron chi connectivity index (χ0n) is 14.6. The summed E-state index contributed by atoms with van der Waals surface area (Å²) < 4.78 is 7.34. The molecule has 0 bridgehead atoms. The molecule has 1 aromatic carbocycles. The first-order chi connectivity index (χ1) is 11.1. The van der Waals surface area contributed by atoms with Gasteiger partial charge in [0.05, 0.1) is 18.4 Å². The molecule has 0 radical (unpaired) electrons. The van der Waals surface area contributed by atoms with Gasteiger partial charge in [-0.05, 0) is 24.9 Å². The third-order valence-electron chi connectivity index (χ3n) is 4.91. The minimum Gasteiger partial charge on any atom is -0.481 e. The van der Waals surface area contributed by atoms with Gasteiger partial charge in [-0.25, -0.2) is 4.68 Å². The van der Waals surface area contributed by atoms with Crippen LogP contribution in [0.4, 0.5) is 0 Å². The van der Waals surface area contributed by atoms with E-state index in [0.29, 0.717) is 11.8 Å². The maximum atomic E-state index is 6.04. The van der Waals surface area contributed by atoms with E-state index in [4.69, 9.17) is 10.5 Å². The maximum Gasteiger partial charge on any atom is 0.216 e. The lowest BCUT2D eigenvalue weighted by Crippen LogP contribution is -2.23. The van der Waals surface area contributed by atoms with Crippen LogP contribution in [0.15, 0.2) is 30.3 Å². The summed E-state index contributed by atoms with van der Waals surface area (Å²) in [5.41, 5.74) is 9.65. The third-order valence-corrected chi connectivity index (χ3v) is 4.91. The highest BCUT2D eigenvalue weighted by molar-refractivity contribution is 5.85. The molecular weight excluding hydrogens is 324 g/mol. The highest BCUT2D eigenvalue weighted by Gasteiger charge is 2.33. The number of hydrogen-bond donors (Lipinski definition) is 1. The maximum absolute atomic E-state index is 6.04. The Hall–Kier alpha value is -1.56. The van der Waals surface area contributed by atoms with Crippen molar-refractivity contribution in [1.29, 1.82) is 0 Å². The highest BCUT2D eigenvalue weighted by atomic mass is 35.5. The number of hydrogen-bond acceptors (Lipinski definition) is 4. The lowest BCUT2D eigenvalue weighted by molar-refractivity contribution is 0.304. The van der Waals surface area contributed by atoms with Gasteiger partial charge in [0.25, 0.3) is 0 Å². The van der Waals surface area contributed by atoms with E-state index in [2.05, 4.69) is 40.3 Å². The Morgan fingerprint density at radius 3 is 2.58 bits per heavy atom. The number of ether oxygens (including phenoxy) is 1. The van der Waals surface area contributed by atoms with Crippen LogP contribution in [0, 0.1) is 12.8 Å². The minimum atomic E-state index is 0. The average Bonchev–Trinajstić information content (AvgIpc) is 3.09. The summed E-state index contributed by atoms with van der Waals surface area (Å²) in [4.78, 5) is 2.47. The summed E-state index contributed by atoms with van der Waals surface area (Å²) >= 11 is 0. The predicted molar refractivity (Wildman–Crippen MR) is 98.7 cm³/mol. The molecule has 1 saturated heterocycles. The fourth-order valence-corrected chi connectivity index (χ4v) is 3.75. The van der Waals surface area contributed by atoms with Crippen molar-refractivity contribution in [3.63, 3.8) is 0 Å². The number of nitrogens with zero attached hydrogens (tertiary/aromatic N) is 3. The first-order valence-electron chi connectivity index (χ1n) is 8.17. The molecule has 0 amide bonds. The fraction of sp³-hybridized carbons (Fsp3) is 0.500. The van der Waals surface area contributed by atoms with Gasteiger partial charge in [-0.1, -0.05) is 30.3 Å². The van der Waals surface area contributed by atoms with Gasteiger partial charge in [-0.15, -0.1) is 12.4 Å². The molecule has 2 atom stereocenters. The van der Waals surface area contributed by atoms with E-state index in [0.717, 1.165) is 37.8 Å². The van der Waals surface area contributed by atoms with Crippen LogP contribution < -0.4 is 10.5 Å². The standard InChI is InChI=1S/C18H26N4O.ClH/c1-13-16(18(23-3)21(2)20-13)11-22-10-15(9-19)17(12-22)14-7-5-4-6-8-14;/h4-8,15,17H,9-12,19H2,1-3H3;1H/t15-,17+;/m1./s1. The SMILES string of the molecule is COc1c(CN2C[C@@H](CN)[C@H](c3ccccc3)C2)c(C)nn1C.Cl. The Labute approximate surface area is 150 Å². The molecule has 2 N–H and O–H groups in total. The lowest BCUT2D eigenvalue weighted by atomic mass is 9.89. The molecule has 0 saturated carbocycles. The van der Waals surface area contributed by atoms with Crippen molar-refractivity contribution in [3.8, 4) is 5.88 Å².